The number of pyridine rings is 2. The predicted molar refractivity (Wildman–Crippen MR) is 514 cm³/mol. The average Bonchev–Trinajstić information content (AvgIpc) is 0.805. The summed E-state index contributed by atoms with van der Waals surface area (Å²) in [6, 6.07) is 52.9. The monoisotopic (exact) mass is 2420 g/mol. The largest absolute Gasteiger partial charge is 0.477 e. The van der Waals surface area contributed by atoms with Gasteiger partial charge in [0.15, 0.2) is 0 Å². The predicted octanol–water partition coefficient (Wildman–Crippen LogP) is 26.2. The van der Waals surface area contributed by atoms with Gasteiger partial charge in [-0.15, -0.1) is 21.5 Å². The molecule has 22 heteroatoms. The zero-order valence-corrected chi connectivity index (χ0v) is 90.3. The van der Waals surface area contributed by atoms with Gasteiger partial charge < -0.3 is 20.4 Å². The number of carbonyl (C=O) groups is 4. The van der Waals surface area contributed by atoms with Gasteiger partial charge in [0.2, 0.25) is 0 Å². The third kappa shape index (κ3) is 60.2. The van der Waals surface area contributed by atoms with Gasteiger partial charge in [0.1, 0.15) is 22.8 Å². The van der Waals surface area contributed by atoms with Gasteiger partial charge in [0, 0.05) is 84.3 Å². The van der Waals surface area contributed by atoms with Crippen LogP contribution in [0.4, 0.5) is 0 Å². The van der Waals surface area contributed by atoms with E-state index < -0.39 is 23.9 Å². The molecule has 0 bridgehead atoms. The quantitative estimate of drug-likeness (QED) is 0.0210. The minimum Gasteiger partial charge on any atom is -0.477 e. The molecule has 0 aliphatic heterocycles. The Morgan fingerprint density at radius 1 is 0.232 bits per heavy atom. The fourth-order valence-corrected chi connectivity index (χ4v) is 23.0. The first-order valence-electron chi connectivity index (χ1n) is 40.8. The van der Waals surface area contributed by atoms with E-state index in [0.29, 0.717) is 0 Å². The Morgan fingerprint density at radius 2 is 0.357 bits per heavy atom. The van der Waals surface area contributed by atoms with Crippen LogP contribution in [-0.2, 0) is 84.3 Å². The van der Waals surface area contributed by atoms with Gasteiger partial charge in [-0.05, 0) is 254 Å². The zero-order chi connectivity index (χ0) is 82.6. The van der Waals surface area contributed by atoms with Crippen LogP contribution in [0.15, 0.2) is 133 Å². The van der Waals surface area contributed by atoms with Gasteiger partial charge in [-0.1, -0.05) is 36.4 Å². The smallest absolute Gasteiger partial charge is 0.354 e. The van der Waals surface area contributed by atoms with E-state index in [9.17, 15) is 19.2 Å². The van der Waals surface area contributed by atoms with Crippen LogP contribution in [0.25, 0.3) is 43.1 Å². The zero-order valence-electron chi connectivity index (χ0n) is 73.3. The van der Waals surface area contributed by atoms with E-state index >= 15 is 0 Å². The SMILES string of the molecule is CC[PH+](CC)CC.CC[PH+](CC)CC.CC[PH+](CC)CC.CC[PH+](CC)CC.CC[PH+](CC)CC.CC[PH+](CC)CC.CC[PH+](CC)CC.CC[PH+](CC)CC.O=C(O)c1cccc(C(=O)O)n1.O=C(O)c1cccc(C(=O)O)n1.[Pt].[Pt].[Pt].[Pt].[c-]1ccc2ccc3cc[c-]cc3c2c1.[c-]1ccc2ccc3cc[c-]cc3c2c1. The van der Waals surface area contributed by atoms with E-state index in [0.717, 1.165) is 0 Å². The molecule has 0 amide bonds. The minimum absolute atomic E-state index is 0. The Kier molecular flexibility index (Phi) is 97.2. The van der Waals surface area contributed by atoms with E-state index in [4.69, 9.17) is 20.4 Å². The first-order valence-corrected chi connectivity index (χ1v) is 57.8. The van der Waals surface area contributed by atoms with Crippen molar-refractivity contribution in [2.45, 2.75) is 166 Å². The maximum absolute atomic E-state index is 10.3. The normalized spacial score (nSPS) is 9.86. The van der Waals surface area contributed by atoms with E-state index in [-0.39, 0.29) is 170 Å². The molecule has 0 saturated heterocycles. The van der Waals surface area contributed by atoms with Gasteiger partial charge in [-0.2, -0.15) is 119 Å². The topological polar surface area (TPSA) is 175 Å². The van der Waals surface area contributed by atoms with Crippen LogP contribution in [0.2, 0.25) is 0 Å². The van der Waals surface area contributed by atoms with Gasteiger partial charge in [0.25, 0.3) is 0 Å². The molecule has 0 aliphatic carbocycles. The number of rotatable bonds is 28. The molecule has 0 radical (unpaired) electrons. The summed E-state index contributed by atoms with van der Waals surface area (Å²) in [6.45, 7) is 55.4. The number of nitrogens with zero attached hydrogens (tertiary/aromatic N) is 2. The molecule has 8 rings (SSSR count). The van der Waals surface area contributed by atoms with Gasteiger partial charge in [-0.25, -0.2) is 29.1 Å². The molecule has 112 heavy (non-hydrogen) atoms. The number of hydrogen-bond acceptors (Lipinski definition) is 6. The van der Waals surface area contributed by atoms with Crippen LogP contribution in [0, 0.1) is 24.3 Å². The molecule has 0 saturated carbocycles. The van der Waals surface area contributed by atoms with Crippen molar-refractivity contribution in [3.8, 4) is 0 Å². The van der Waals surface area contributed by atoms with Gasteiger partial charge >= 0.3 is 23.9 Å². The summed E-state index contributed by atoms with van der Waals surface area (Å²) >= 11 is 0. The number of carboxylic acid groups (broad SMARTS) is 4. The molecule has 0 fully saturated rings. The molecule has 6 aromatic carbocycles. The van der Waals surface area contributed by atoms with Crippen molar-refractivity contribution in [1.29, 1.82) is 0 Å². The Labute approximate surface area is 751 Å². The van der Waals surface area contributed by atoms with Gasteiger partial charge in [-0.3, -0.25) is 0 Å². The summed E-state index contributed by atoms with van der Waals surface area (Å²) in [5.41, 5.74) is -1.07. The van der Waals surface area contributed by atoms with E-state index in [2.05, 4.69) is 249 Å². The number of aromatic nitrogens is 2. The number of aromatic carboxylic acids is 4. The fraction of sp³-hybridized carbons (Fsp3) is 0.533. The number of carboxylic acids is 4. The molecule has 648 valence electrons. The molecule has 2 aromatic heterocycles. The van der Waals surface area contributed by atoms with Crippen LogP contribution in [0.1, 0.15) is 208 Å². The van der Waals surface area contributed by atoms with Crippen molar-refractivity contribution in [3.05, 3.63) is 181 Å². The Morgan fingerprint density at radius 3 is 0.455 bits per heavy atom. The van der Waals surface area contributed by atoms with E-state index in [1.165, 1.54) is 227 Å². The summed E-state index contributed by atoms with van der Waals surface area (Å²) in [6.07, 6.45) is 34.9. The molecular formula is C90H154N2O8P8Pt4+4. The second kappa shape index (κ2) is 86.1. The maximum atomic E-state index is 10.3. The van der Waals surface area contributed by atoms with Crippen LogP contribution in [0.3, 0.4) is 0 Å². The third-order valence-corrected chi connectivity index (χ3v) is 43.4. The molecular weight excluding hydrogens is 2270 g/mol. The van der Waals surface area contributed by atoms with Crippen LogP contribution < -0.4 is 0 Å². The van der Waals surface area contributed by atoms with Crippen LogP contribution >= 0.6 is 63.4 Å². The summed E-state index contributed by atoms with van der Waals surface area (Å²) in [4.78, 5) is 48.0. The number of benzene rings is 6. The Balaban J connectivity index is -0.000000177. The molecule has 2 heterocycles. The standard InChI is InChI=1S/2C14H8.2C7H5NO4.8C6H15P.4Pt/c2*1-3-7-13-11(5-1)9-10-12-6-2-4-8-14(12)13;2*9-6(10)4-2-1-3-5(8-4)7(11)12;8*1-4-7(5-2)6-3;;;;/h2*1-2,5-10H;2*1-3H,(H,9,10)(H,11,12);8*4-6H2,1-3H3;;;;/q2*-2;;;;;;;;;;;;;;/p+8. The molecule has 0 spiro atoms. The van der Waals surface area contributed by atoms with Gasteiger partial charge in [0.05, 0.1) is 148 Å². The van der Waals surface area contributed by atoms with Crippen LogP contribution in [-0.4, -0.2) is 202 Å². The van der Waals surface area contributed by atoms with Crippen molar-refractivity contribution >= 4 is 130 Å². The number of fused-ring (bicyclic) bond motifs is 6. The summed E-state index contributed by atoms with van der Waals surface area (Å²) in [7, 11) is 1.10. The third-order valence-electron chi connectivity index (χ3n) is 19.4. The fourth-order valence-electron chi connectivity index (χ4n) is 11.0. The first kappa shape index (κ1) is 126. The van der Waals surface area contributed by atoms with Crippen molar-refractivity contribution in [2.24, 2.45) is 0 Å². The first-order chi connectivity index (χ1) is 51.9. The second-order valence-corrected chi connectivity index (χ2v) is 54.2. The molecule has 0 unspecified atom stereocenters. The Bertz CT molecular complexity index is 2950. The van der Waals surface area contributed by atoms with Crippen molar-refractivity contribution in [3.63, 3.8) is 0 Å². The van der Waals surface area contributed by atoms with E-state index in [1.807, 2.05) is 48.5 Å². The minimum atomic E-state index is -1.24. The molecule has 0 atom stereocenters. The molecule has 0 aliphatic rings. The molecule has 10 nitrogen and oxygen atoms in total. The summed E-state index contributed by atoms with van der Waals surface area (Å²) in [5, 5.41) is 43.8. The van der Waals surface area contributed by atoms with Crippen molar-refractivity contribution < 1.29 is 124 Å². The molecule has 8 aromatic rings. The maximum Gasteiger partial charge on any atom is 0.354 e. The van der Waals surface area contributed by atoms with Crippen molar-refractivity contribution in [2.75, 3.05) is 148 Å². The second-order valence-electron chi connectivity index (χ2n) is 25.2. The Hall–Kier alpha value is -1.27. The average molecular weight is 2420 g/mol. The molecule has 4 N–H and O–H groups in total. The van der Waals surface area contributed by atoms with Crippen molar-refractivity contribution in [1.82, 2.24) is 9.97 Å². The summed E-state index contributed by atoms with van der Waals surface area (Å²) < 4.78 is 0. The summed E-state index contributed by atoms with van der Waals surface area (Å²) in [5.74, 6) is -4.95. The van der Waals surface area contributed by atoms with Crippen LogP contribution in [0.5, 0.6) is 0 Å². The van der Waals surface area contributed by atoms with E-state index in [1.54, 1.807) is 0 Å². The number of hydrogen-bond donors (Lipinski definition) is 4.